The summed E-state index contributed by atoms with van der Waals surface area (Å²) >= 11 is 0. The van der Waals surface area contributed by atoms with Crippen molar-refractivity contribution in [2.45, 2.75) is 52.6 Å². The largest absolute Gasteiger partial charge is 0.378 e. The van der Waals surface area contributed by atoms with Crippen LogP contribution in [0.2, 0.25) is 0 Å². The fourth-order valence-corrected chi connectivity index (χ4v) is 1.86. The van der Waals surface area contributed by atoms with Gasteiger partial charge in [-0.1, -0.05) is 20.8 Å². The summed E-state index contributed by atoms with van der Waals surface area (Å²) in [6.45, 7) is 7.89. The molecule has 1 saturated heterocycles. The van der Waals surface area contributed by atoms with Gasteiger partial charge in [0.2, 0.25) is 0 Å². The van der Waals surface area contributed by atoms with E-state index in [4.69, 9.17) is 4.74 Å². The number of hydrogen-bond acceptors (Lipinski definition) is 1. The second-order valence-corrected chi connectivity index (χ2v) is 4.50. The van der Waals surface area contributed by atoms with Crippen molar-refractivity contribution < 1.29 is 4.74 Å². The third kappa shape index (κ3) is 3.14. The molecule has 0 saturated carbocycles. The van der Waals surface area contributed by atoms with Gasteiger partial charge in [0, 0.05) is 6.61 Å². The SMILES string of the molecule is CC(C)CCC1OCCCC1C. The Bertz CT molecular complexity index is 120. The second kappa shape index (κ2) is 4.86. The molecule has 0 aromatic heterocycles. The summed E-state index contributed by atoms with van der Waals surface area (Å²) in [6.07, 6.45) is 5.76. The van der Waals surface area contributed by atoms with E-state index in [0.29, 0.717) is 6.10 Å². The van der Waals surface area contributed by atoms with Crippen LogP contribution < -0.4 is 0 Å². The van der Waals surface area contributed by atoms with Gasteiger partial charge in [-0.05, 0) is 37.5 Å². The molecule has 0 spiro atoms. The van der Waals surface area contributed by atoms with Crippen molar-refractivity contribution in [3.05, 3.63) is 0 Å². The molecule has 72 valence electrons. The molecule has 1 heterocycles. The molecule has 1 aliphatic rings. The molecule has 1 heteroatoms. The Morgan fingerprint density at radius 1 is 1.42 bits per heavy atom. The van der Waals surface area contributed by atoms with E-state index in [2.05, 4.69) is 20.8 Å². The molecule has 0 N–H and O–H groups in total. The Labute approximate surface area is 76.5 Å². The van der Waals surface area contributed by atoms with E-state index in [9.17, 15) is 0 Å². The Kier molecular flexibility index (Phi) is 4.07. The van der Waals surface area contributed by atoms with Crippen LogP contribution >= 0.6 is 0 Å². The van der Waals surface area contributed by atoms with Gasteiger partial charge < -0.3 is 4.74 Å². The molecule has 0 bridgehead atoms. The van der Waals surface area contributed by atoms with Crippen molar-refractivity contribution in [3.8, 4) is 0 Å². The van der Waals surface area contributed by atoms with E-state index in [-0.39, 0.29) is 0 Å². The highest BCUT2D eigenvalue weighted by Crippen LogP contribution is 2.24. The molecule has 2 atom stereocenters. The number of rotatable bonds is 3. The van der Waals surface area contributed by atoms with Gasteiger partial charge in [0.15, 0.2) is 0 Å². The maximum Gasteiger partial charge on any atom is 0.0600 e. The minimum atomic E-state index is 0.557. The fourth-order valence-electron chi connectivity index (χ4n) is 1.86. The highest BCUT2D eigenvalue weighted by Gasteiger charge is 2.21. The summed E-state index contributed by atoms with van der Waals surface area (Å²) in [5, 5.41) is 0. The average molecular weight is 170 g/mol. The average Bonchev–Trinajstić information content (AvgIpc) is 2.03. The predicted octanol–water partition coefficient (Wildman–Crippen LogP) is 3.24. The highest BCUT2D eigenvalue weighted by atomic mass is 16.5. The minimum absolute atomic E-state index is 0.557. The quantitative estimate of drug-likeness (QED) is 0.632. The maximum absolute atomic E-state index is 5.74. The van der Waals surface area contributed by atoms with E-state index in [0.717, 1.165) is 18.4 Å². The first-order chi connectivity index (χ1) is 5.70. The van der Waals surface area contributed by atoms with Crippen LogP contribution in [0, 0.1) is 11.8 Å². The number of hydrogen-bond donors (Lipinski definition) is 0. The van der Waals surface area contributed by atoms with Crippen molar-refractivity contribution in [2.75, 3.05) is 6.61 Å². The first-order valence-electron chi connectivity index (χ1n) is 5.31. The van der Waals surface area contributed by atoms with Gasteiger partial charge in [-0.15, -0.1) is 0 Å². The molecule has 2 unspecified atom stereocenters. The Morgan fingerprint density at radius 3 is 2.75 bits per heavy atom. The van der Waals surface area contributed by atoms with Crippen LogP contribution in [-0.2, 0) is 4.74 Å². The molecule has 0 aromatic rings. The zero-order chi connectivity index (χ0) is 8.97. The summed E-state index contributed by atoms with van der Waals surface area (Å²) in [5.41, 5.74) is 0. The van der Waals surface area contributed by atoms with Crippen LogP contribution in [0.5, 0.6) is 0 Å². The number of ether oxygens (including phenoxy) is 1. The predicted molar refractivity (Wildman–Crippen MR) is 52.2 cm³/mol. The van der Waals surface area contributed by atoms with Crippen LogP contribution in [0.1, 0.15) is 46.5 Å². The van der Waals surface area contributed by atoms with Gasteiger partial charge in [-0.3, -0.25) is 0 Å². The van der Waals surface area contributed by atoms with Crippen LogP contribution in [0.15, 0.2) is 0 Å². The molecule has 1 nitrogen and oxygen atoms in total. The molecular weight excluding hydrogens is 148 g/mol. The van der Waals surface area contributed by atoms with Gasteiger partial charge in [-0.2, -0.15) is 0 Å². The standard InChI is InChI=1S/C11H22O/c1-9(2)6-7-11-10(3)5-4-8-12-11/h9-11H,4-8H2,1-3H3. The van der Waals surface area contributed by atoms with Gasteiger partial charge in [0.25, 0.3) is 0 Å². The van der Waals surface area contributed by atoms with Gasteiger partial charge in [-0.25, -0.2) is 0 Å². The van der Waals surface area contributed by atoms with E-state index < -0.39 is 0 Å². The first-order valence-corrected chi connectivity index (χ1v) is 5.31. The van der Waals surface area contributed by atoms with E-state index in [1.807, 2.05) is 0 Å². The van der Waals surface area contributed by atoms with Crippen molar-refractivity contribution in [1.29, 1.82) is 0 Å². The van der Waals surface area contributed by atoms with Gasteiger partial charge in [0.1, 0.15) is 0 Å². The lowest BCUT2D eigenvalue weighted by atomic mass is 9.91. The molecule has 1 fully saturated rings. The zero-order valence-corrected chi connectivity index (χ0v) is 8.68. The molecule has 0 aliphatic carbocycles. The van der Waals surface area contributed by atoms with Gasteiger partial charge >= 0.3 is 0 Å². The topological polar surface area (TPSA) is 9.23 Å². The van der Waals surface area contributed by atoms with E-state index in [1.165, 1.54) is 25.7 Å². The summed E-state index contributed by atoms with van der Waals surface area (Å²) in [5.74, 6) is 1.61. The monoisotopic (exact) mass is 170 g/mol. The van der Waals surface area contributed by atoms with Crippen LogP contribution in [0.25, 0.3) is 0 Å². The zero-order valence-electron chi connectivity index (χ0n) is 8.68. The summed E-state index contributed by atoms with van der Waals surface area (Å²) in [7, 11) is 0. The lowest BCUT2D eigenvalue weighted by molar-refractivity contribution is -0.0271. The van der Waals surface area contributed by atoms with E-state index in [1.54, 1.807) is 0 Å². The molecule has 0 aromatic carbocycles. The highest BCUT2D eigenvalue weighted by molar-refractivity contribution is 4.71. The Hall–Kier alpha value is -0.0400. The summed E-state index contributed by atoms with van der Waals surface area (Å²) in [4.78, 5) is 0. The summed E-state index contributed by atoms with van der Waals surface area (Å²) < 4.78 is 5.74. The van der Waals surface area contributed by atoms with Crippen molar-refractivity contribution >= 4 is 0 Å². The molecule has 1 aliphatic heterocycles. The van der Waals surface area contributed by atoms with E-state index >= 15 is 0 Å². The van der Waals surface area contributed by atoms with Crippen molar-refractivity contribution in [1.82, 2.24) is 0 Å². The molecule has 1 rings (SSSR count). The Balaban J connectivity index is 2.20. The molecule has 12 heavy (non-hydrogen) atoms. The van der Waals surface area contributed by atoms with Crippen LogP contribution in [0.4, 0.5) is 0 Å². The maximum atomic E-state index is 5.74. The normalized spacial score (nSPS) is 31.0. The molecule has 0 amide bonds. The van der Waals surface area contributed by atoms with Crippen molar-refractivity contribution in [2.24, 2.45) is 11.8 Å². The minimum Gasteiger partial charge on any atom is -0.378 e. The van der Waals surface area contributed by atoms with Gasteiger partial charge in [0.05, 0.1) is 6.10 Å². The lowest BCUT2D eigenvalue weighted by Crippen LogP contribution is -2.27. The van der Waals surface area contributed by atoms with Crippen LogP contribution in [0.3, 0.4) is 0 Å². The molecular formula is C11H22O. The smallest absolute Gasteiger partial charge is 0.0600 e. The van der Waals surface area contributed by atoms with Crippen LogP contribution in [-0.4, -0.2) is 12.7 Å². The second-order valence-electron chi connectivity index (χ2n) is 4.50. The van der Waals surface area contributed by atoms with Crippen molar-refractivity contribution in [3.63, 3.8) is 0 Å². The third-order valence-corrected chi connectivity index (χ3v) is 2.80. The molecule has 0 radical (unpaired) electrons. The summed E-state index contributed by atoms with van der Waals surface area (Å²) in [6, 6.07) is 0. The third-order valence-electron chi connectivity index (χ3n) is 2.80. The lowest BCUT2D eigenvalue weighted by Gasteiger charge is -2.29. The fraction of sp³-hybridized carbons (Fsp3) is 1.00. The first kappa shape index (κ1) is 10.0. The Morgan fingerprint density at radius 2 is 2.17 bits per heavy atom.